The highest BCUT2D eigenvalue weighted by molar-refractivity contribution is 6.01. The van der Waals surface area contributed by atoms with E-state index in [1.54, 1.807) is 39.0 Å². The van der Waals surface area contributed by atoms with Crippen molar-refractivity contribution >= 4 is 40.1 Å². The summed E-state index contributed by atoms with van der Waals surface area (Å²) in [6.45, 7) is 4.53. The summed E-state index contributed by atoms with van der Waals surface area (Å²) in [5.74, 6) is -4.67. The van der Waals surface area contributed by atoms with Crippen LogP contribution in [0, 0.1) is 28.6 Å². The van der Waals surface area contributed by atoms with Gasteiger partial charge in [0.2, 0.25) is 5.78 Å². The van der Waals surface area contributed by atoms with Gasteiger partial charge < -0.3 is 25.4 Å². The van der Waals surface area contributed by atoms with E-state index in [0.29, 0.717) is 30.4 Å². The Bertz CT molecular complexity index is 2510. The van der Waals surface area contributed by atoms with Crippen molar-refractivity contribution in [1.82, 2.24) is 0 Å². The van der Waals surface area contributed by atoms with Crippen LogP contribution in [0.3, 0.4) is 0 Å². The first-order chi connectivity index (χ1) is 29.5. The molecule has 0 heterocycles. The van der Waals surface area contributed by atoms with E-state index >= 15 is 4.39 Å². The number of hydrogen-bond acceptors (Lipinski definition) is 10. The summed E-state index contributed by atoms with van der Waals surface area (Å²) in [4.78, 5) is 65.5. The van der Waals surface area contributed by atoms with Gasteiger partial charge in [0, 0.05) is 29.7 Å². The molecule has 4 N–H and O–H groups in total. The molecule has 0 aromatic heterocycles. The fourth-order valence-electron chi connectivity index (χ4n) is 11.4. The highest BCUT2D eigenvalue weighted by atomic mass is 19.1. The van der Waals surface area contributed by atoms with Crippen molar-refractivity contribution in [3.8, 4) is 0 Å². The second-order valence-corrected chi connectivity index (χ2v) is 18.2. The van der Waals surface area contributed by atoms with Gasteiger partial charge in [0.25, 0.3) is 0 Å². The molecule has 8 rings (SSSR count). The van der Waals surface area contributed by atoms with Crippen molar-refractivity contribution in [2.75, 3.05) is 13.2 Å². The van der Waals surface area contributed by atoms with E-state index in [0.717, 1.165) is 21.9 Å². The van der Waals surface area contributed by atoms with Crippen molar-refractivity contribution in [1.29, 1.82) is 0 Å². The van der Waals surface area contributed by atoms with Gasteiger partial charge in [-0.1, -0.05) is 92.2 Å². The van der Waals surface area contributed by atoms with Gasteiger partial charge in [0.05, 0.1) is 23.1 Å². The monoisotopic (exact) mass is 841 g/mol. The van der Waals surface area contributed by atoms with Gasteiger partial charge in [-0.25, -0.2) is 14.0 Å². The smallest absolute Gasteiger partial charge is 0.338 e. The number of aliphatic hydroxyl groups is 2. The predicted molar refractivity (Wildman–Crippen MR) is 230 cm³/mol. The van der Waals surface area contributed by atoms with Crippen molar-refractivity contribution < 1.29 is 48.0 Å². The molecular weight excluding hydrogens is 790 g/mol. The molecular formula is C51H52FNO9. The van der Waals surface area contributed by atoms with Crippen LogP contribution in [0.1, 0.15) is 89.8 Å². The van der Waals surface area contributed by atoms with E-state index in [-0.39, 0.29) is 48.7 Å². The Balaban J connectivity index is 0.850. The lowest BCUT2D eigenvalue weighted by atomic mass is 9.44. The Hall–Kier alpha value is -5.62. The molecule has 3 fully saturated rings. The number of carbonyl (C=O) groups is 5. The van der Waals surface area contributed by atoms with Crippen molar-refractivity contribution in [2.45, 2.75) is 82.8 Å². The van der Waals surface area contributed by atoms with Crippen LogP contribution in [0.25, 0.3) is 10.8 Å². The number of hydrogen-bond donors (Lipinski definition) is 3. The number of allylic oxidation sites excluding steroid dienone is 4. The largest absolute Gasteiger partial charge is 0.457 e. The van der Waals surface area contributed by atoms with Gasteiger partial charge >= 0.3 is 11.9 Å². The number of fused-ring (bicyclic) bond motifs is 6. The quantitative estimate of drug-likeness (QED) is 0.125. The summed E-state index contributed by atoms with van der Waals surface area (Å²) in [5, 5.41) is 26.0. The number of benzene rings is 4. The highest BCUT2D eigenvalue weighted by Crippen LogP contribution is 2.70. The lowest BCUT2D eigenvalue weighted by Gasteiger charge is -2.62. The van der Waals surface area contributed by atoms with Crippen molar-refractivity contribution in [3.63, 3.8) is 0 Å². The molecule has 4 aromatic rings. The maximum absolute atomic E-state index is 17.5. The molecule has 10 nitrogen and oxygen atoms in total. The number of Topliss-reactive ketones (excluding diaryl/α,β-unsaturated/α-hetero) is 2. The lowest BCUT2D eigenvalue weighted by Crippen LogP contribution is -2.69. The first kappa shape index (κ1) is 43.0. The van der Waals surface area contributed by atoms with E-state index in [2.05, 4.69) is 0 Å². The fourth-order valence-corrected chi connectivity index (χ4v) is 11.4. The third-order valence-electron chi connectivity index (χ3n) is 14.9. The number of ketones is 3. The molecule has 4 aliphatic rings. The zero-order chi connectivity index (χ0) is 44.2. The second kappa shape index (κ2) is 16.3. The van der Waals surface area contributed by atoms with Crippen LogP contribution in [0.5, 0.6) is 0 Å². The van der Waals surface area contributed by atoms with E-state index in [1.807, 2.05) is 54.6 Å². The van der Waals surface area contributed by atoms with Gasteiger partial charge in [0.15, 0.2) is 18.1 Å². The molecule has 3 saturated carbocycles. The van der Waals surface area contributed by atoms with E-state index in [1.165, 1.54) is 36.4 Å². The number of carbonyl (C=O) groups excluding carboxylic acids is 5. The molecule has 11 heteroatoms. The minimum absolute atomic E-state index is 0.00795. The Morgan fingerprint density at radius 1 is 0.871 bits per heavy atom. The van der Waals surface area contributed by atoms with E-state index < -0.39 is 76.2 Å². The molecule has 4 aromatic carbocycles. The predicted octanol–water partition coefficient (Wildman–Crippen LogP) is 7.12. The summed E-state index contributed by atoms with van der Waals surface area (Å²) in [6, 6.07) is 26.7. The van der Waals surface area contributed by atoms with Crippen LogP contribution in [0.15, 0.2) is 115 Å². The van der Waals surface area contributed by atoms with Crippen LogP contribution in [-0.4, -0.2) is 70.0 Å². The zero-order valence-electron chi connectivity index (χ0n) is 35.1. The molecule has 0 saturated heterocycles. The zero-order valence-corrected chi connectivity index (χ0v) is 35.1. The number of ether oxygens (including phenoxy) is 2. The third-order valence-corrected chi connectivity index (χ3v) is 14.9. The topological polar surface area (TPSA) is 170 Å². The average Bonchev–Trinajstić information content (AvgIpc) is 3.47. The molecule has 0 amide bonds. The van der Waals surface area contributed by atoms with Gasteiger partial charge in [-0.15, -0.1) is 0 Å². The van der Waals surface area contributed by atoms with Crippen molar-refractivity contribution in [3.05, 3.63) is 143 Å². The van der Waals surface area contributed by atoms with E-state index in [4.69, 9.17) is 15.2 Å². The summed E-state index contributed by atoms with van der Waals surface area (Å²) < 4.78 is 28.4. The maximum Gasteiger partial charge on any atom is 0.338 e. The maximum atomic E-state index is 17.5. The minimum Gasteiger partial charge on any atom is -0.457 e. The Morgan fingerprint density at radius 2 is 1.52 bits per heavy atom. The standard InChI is InChI=1S/C51H52FNO9/c1-30-22-42-41-19-18-38-25-39(54)20-21-48(38,2)50(41,52)44(56)26-49(42,3)51(30,60)45(57)29-62-47(59)36-16-14-35(15-17-36)46(58)61-28-31-8-12-34(13-9-31)40(27-53)43(55)24-32-10-11-33-6-4-5-7-37(33)23-32/h4-17,20-21,23,25,30,40-42,44,56,60H,18-19,22,24,26-29,53H2,1-3H3/t30-,40-,41+,42+,44+,48+,49+,50+,51+/m1/s1. The lowest BCUT2D eigenvalue weighted by molar-refractivity contribution is -0.219. The van der Waals surface area contributed by atoms with Crippen LogP contribution < -0.4 is 5.73 Å². The van der Waals surface area contributed by atoms with E-state index in [9.17, 15) is 34.2 Å². The van der Waals surface area contributed by atoms with Crippen LogP contribution in [-0.2, 0) is 36.9 Å². The molecule has 0 radical (unpaired) electrons. The highest BCUT2D eigenvalue weighted by Gasteiger charge is 2.75. The Morgan fingerprint density at radius 3 is 2.19 bits per heavy atom. The van der Waals surface area contributed by atoms with Crippen molar-refractivity contribution in [2.24, 2.45) is 34.3 Å². The fraction of sp³-hybridized carbons (Fsp3) is 0.392. The van der Waals surface area contributed by atoms with Gasteiger partial charge in [-0.05, 0) is 108 Å². The normalized spacial score (nSPS) is 30.4. The Labute approximate surface area is 360 Å². The summed E-state index contributed by atoms with van der Waals surface area (Å²) >= 11 is 0. The molecule has 0 bridgehead atoms. The van der Waals surface area contributed by atoms with Crippen LogP contribution in [0.2, 0.25) is 0 Å². The number of esters is 2. The first-order valence-electron chi connectivity index (χ1n) is 21.3. The number of rotatable bonds is 12. The van der Waals surface area contributed by atoms with Gasteiger partial charge in [0.1, 0.15) is 18.0 Å². The third kappa shape index (κ3) is 7.04. The number of halogens is 1. The second-order valence-electron chi connectivity index (χ2n) is 18.2. The molecule has 9 atom stereocenters. The average molecular weight is 842 g/mol. The summed E-state index contributed by atoms with van der Waals surface area (Å²) in [6.07, 6.45) is 4.04. The van der Waals surface area contributed by atoms with Crippen LogP contribution >= 0.6 is 0 Å². The van der Waals surface area contributed by atoms with Crippen LogP contribution in [0.4, 0.5) is 4.39 Å². The van der Waals surface area contributed by atoms with Gasteiger partial charge in [-0.2, -0.15) is 0 Å². The number of nitrogens with two attached hydrogens (primary N) is 1. The summed E-state index contributed by atoms with van der Waals surface area (Å²) in [5.41, 5.74) is 2.79. The summed E-state index contributed by atoms with van der Waals surface area (Å²) in [7, 11) is 0. The molecule has 322 valence electrons. The minimum atomic E-state index is -2.11. The molecule has 0 unspecified atom stereocenters. The number of aliphatic hydroxyl groups excluding tert-OH is 1. The molecule has 0 spiro atoms. The molecule has 62 heavy (non-hydrogen) atoms. The van der Waals surface area contributed by atoms with Gasteiger partial charge in [-0.3, -0.25) is 14.4 Å². The molecule has 4 aliphatic carbocycles. The number of alkyl halides is 1. The first-order valence-corrected chi connectivity index (χ1v) is 21.3. The SMILES string of the molecule is C[C@@H]1C[C@H]2[C@@H]3CCC4=CC(=O)C=C[C@]4(C)[C@@]3(F)[C@@H](O)C[C@]2(C)[C@@]1(O)C(=O)COC(=O)c1ccc(C(=O)OCc2ccc([C@@H](CN)C(=O)Cc3ccc4ccccc4c3)cc2)cc1. The Kier molecular flexibility index (Phi) is 11.3. The molecule has 0 aliphatic heterocycles.